The lowest BCUT2D eigenvalue weighted by Gasteiger charge is -1.87. The van der Waals surface area contributed by atoms with Gasteiger partial charge in [-0.15, -0.1) is 0 Å². The van der Waals surface area contributed by atoms with E-state index in [0.29, 0.717) is 0 Å². The van der Waals surface area contributed by atoms with Crippen molar-refractivity contribution in [2.75, 3.05) is 11.5 Å². The Balaban J connectivity index is 3.36. The van der Waals surface area contributed by atoms with Crippen LogP contribution in [0.2, 0.25) is 0 Å². The van der Waals surface area contributed by atoms with E-state index in [-0.39, 0.29) is 17.9 Å². The lowest BCUT2D eigenvalue weighted by Crippen LogP contribution is -2.10. The molecule has 9 heavy (non-hydrogen) atoms. The maximum atomic E-state index is 10.5. The van der Waals surface area contributed by atoms with Gasteiger partial charge < -0.3 is 0 Å². The summed E-state index contributed by atoms with van der Waals surface area (Å²) in [5.74, 6) is -0.398. The first-order chi connectivity index (χ1) is 3.96. The third kappa shape index (κ3) is 0.963. The van der Waals surface area contributed by atoms with Crippen LogP contribution in [0.25, 0.3) is 0 Å². The molecule has 0 aromatic rings. The molecular formula is C3H6O4S2. The first-order valence-electron chi connectivity index (χ1n) is 2.41. The molecule has 0 bridgehead atoms. The van der Waals surface area contributed by atoms with Crippen LogP contribution in [0, 0.1) is 0 Å². The minimum atomic E-state index is -3.75. The van der Waals surface area contributed by atoms with Gasteiger partial charge in [0.15, 0.2) is 0 Å². The van der Waals surface area contributed by atoms with E-state index in [9.17, 15) is 16.8 Å². The van der Waals surface area contributed by atoms with Crippen LogP contribution >= 0.6 is 0 Å². The topological polar surface area (TPSA) is 68.3 Å². The Hall–Kier alpha value is -0.100. The van der Waals surface area contributed by atoms with Crippen molar-refractivity contribution >= 4 is 17.7 Å². The highest BCUT2D eigenvalue weighted by atomic mass is 33.2. The van der Waals surface area contributed by atoms with E-state index in [4.69, 9.17) is 0 Å². The Morgan fingerprint density at radius 1 is 0.778 bits per heavy atom. The van der Waals surface area contributed by atoms with Gasteiger partial charge in [-0.3, -0.25) is 0 Å². The van der Waals surface area contributed by atoms with Crippen LogP contribution in [0.15, 0.2) is 0 Å². The van der Waals surface area contributed by atoms with Gasteiger partial charge in [-0.05, 0) is 6.42 Å². The Morgan fingerprint density at radius 3 is 1.22 bits per heavy atom. The largest absolute Gasteiger partial charge is 0.253 e. The van der Waals surface area contributed by atoms with Crippen LogP contribution in [0.1, 0.15) is 6.42 Å². The van der Waals surface area contributed by atoms with Crippen molar-refractivity contribution in [3.05, 3.63) is 0 Å². The summed E-state index contributed by atoms with van der Waals surface area (Å²) in [6, 6.07) is 0. The first kappa shape index (κ1) is 7.01. The molecule has 0 spiro atoms. The van der Waals surface area contributed by atoms with Crippen molar-refractivity contribution < 1.29 is 16.8 Å². The van der Waals surface area contributed by atoms with Gasteiger partial charge in [0, 0.05) is 0 Å². The van der Waals surface area contributed by atoms with Crippen LogP contribution in [0.3, 0.4) is 0 Å². The zero-order valence-electron chi connectivity index (χ0n) is 4.57. The zero-order valence-corrected chi connectivity index (χ0v) is 6.20. The SMILES string of the molecule is O=S1(=O)CCCS1(=O)=O. The molecule has 1 aliphatic heterocycles. The van der Waals surface area contributed by atoms with E-state index in [0.717, 1.165) is 0 Å². The quantitative estimate of drug-likeness (QED) is 0.443. The van der Waals surface area contributed by atoms with E-state index in [1.807, 2.05) is 0 Å². The second-order valence-corrected chi connectivity index (χ2v) is 7.97. The minimum absolute atomic E-state index is 0.199. The predicted molar refractivity (Wildman–Crippen MR) is 32.2 cm³/mol. The molecule has 0 aliphatic carbocycles. The molecule has 1 fully saturated rings. The van der Waals surface area contributed by atoms with Crippen molar-refractivity contribution in [1.82, 2.24) is 0 Å². The molecule has 0 amide bonds. The van der Waals surface area contributed by atoms with Gasteiger partial charge in [0.2, 0.25) is 0 Å². The molecule has 0 radical (unpaired) electrons. The molecule has 0 saturated carbocycles. The van der Waals surface area contributed by atoms with Crippen molar-refractivity contribution in [3.63, 3.8) is 0 Å². The van der Waals surface area contributed by atoms with Crippen LogP contribution in [-0.4, -0.2) is 28.3 Å². The highest BCUT2D eigenvalue weighted by Gasteiger charge is 2.35. The minimum Gasteiger partial charge on any atom is -0.213 e. The molecule has 0 aromatic heterocycles. The lowest BCUT2D eigenvalue weighted by molar-refractivity contribution is 0.589. The molecule has 4 nitrogen and oxygen atoms in total. The van der Waals surface area contributed by atoms with Gasteiger partial charge in [-0.25, -0.2) is 16.8 Å². The van der Waals surface area contributed by atoms with Crippen molar-refractivity contribution in [2.45, 2.75) is 6.42 Å². The number of hydrogen-bond acceptors (Lipinski definition) is 4. The highest BCUT2D eigenvalue weighted by molar-refractivity contribution is 8.67. The second kappa shape index (κ2) is 1.69. The molecule has 1 aliphatic rings. The summed E-state index contributed by atoms with van der Waals surface area (Å²) in [6.45, 7) is 0. The molecule has 0 atom stereocenters. The predicted octanol–water partition coefficient (Wildman–Crippen LogP) is -0.865. The van der Waals surface area contributed by atoms with E-state index < -0.39 is 17.7 Å². The lowest BCUT2D eigenvalue weighted by atomic mass is 10.6. The molecule has 6 heteroatoms. The maximum absolute atomic E-state index is 10.5. The molecule has 54 valence electrons. The van der Waals surface area contributed by atoms with E-state index in [2.05, 4.69) is 0 Å². The molecule has 0 N–H and O–H groups in total. The summed E-state index contributed by atoms with van der Waals surface area (Å²) in [6.07, 6.45) is 0.255. The normalized spacial score (nSPS) is 30.2. The second-order valence-electron chi connectivity index (χ2n) is 1.88. The summed E-state index contributed by atoms with van der Waals surface area (Å²) in [4.78, 5) is 0. The van der Waals surface area contributed by atoms with Crippen LogP contribution in [0.5, 0.6) is 0 Å². The summed E-state index contributed by atoms with van der Waals surface area (Å²) in [7, 11) is -7.50. The van der Waals surface area contributed by atoms with Gasteiger partial charge >= 0.3 is 0 Å². The van der Waals surface area contributed by atoms with Crippen molar-refractivity contribution in [2.24, 2.45) is 0 Å². The zero-order chi connectivity index (χ0) is 7.12. The van der Waals surface area contributed by atoms with Gasteiger partial charge in [0.05, 0.1) is 11.5 Å². The molecule has 1 heterocycles. The molecule has 1 saturated heterocycles. The van der Waals surface area contributed by atoms with Crippen LogP contribution in [0.4, 0.5) is 0 Å². The Morgan fingerprint density at radius 2 is 1.11 bits per heavy atom. The van der Waals surface area contributed by atoms with Gasteiger partial charge in [-0.1, -0.05) is 0 Å². The fourth-order valence-corrected chi connectivity index (χ4v) is 4.58. The molecule has 0 aromatic carbocycles. The summed E-state index contributed by atoms with van der Waals surface area (Å²) >= 11 is 0. The Kier molecular flexibility index (Phi) is 1.32. The monoisotopic (exact) mass is 170 g/mol. The fraction of sp³-hybridized carbons (Fsp3) is 1.00. The number of rotatable bonds is 0. The van der Waals surface area contributed by atoms with E-state index in [1.54, 1.807) is 0 Å². The molecule has 0 unspecified atom stereocenters. The van der Waals surface area contributed by atoms with Crippen LogP contribution < -0.4 is 0 Å². The van der Waals surface area contributed by atoms with Crippen molar-refractivity contribution in [3.8, 4) is 0 Å². The number of hydrogen-bond donors (Lipinski definition) is 0. The summed E-state index contributed by atoms with van der Waals surface area (Å²) in [5.41, 5.74) is 0. The molecular weight excluding hydrogens is 164 g/mol. The first-order valence-corrected chi connectivity index (χ1v) is 6.23. The van der Waals surface area contributed by atoms with Crippen LogP contribution in [-0.2, 0) is 17.7 Å². The Labute approximate surface area is 53.1 Å². The average Bonchev–Trinajstić information content (AvgIpc) is 1.81. The fourth-order valence-electron chi connectivity index (χ4n) is 0.666. The van der Waals surface area contributed by atoms with E-state index >= 15 is 0 Å². The van der Waals surface area contributed by atoms with E-state index in [1.165, 1.54) is 0 Å². The standard InChI is InChI=1S/C3H6O4S2/c4-8(5)2-1-3-9(8,6)7/h1-3H2. The average molecular weight is 170 g/mol. The third-order valence-electron chi connectivity index (χ3n) is 1.18. The summed E-state index contributed by atoms with van der Waals surface area (Å²) < 4.78 is 42.0. The maximum Gasteiger partial charge on any atom is 0.253 e. The smallest absolute Gasteiger partial charge is 0.213 e. The van der Waals surface area contributed by atoms with Gasteiger partial charge in [0.25, 0.3) is 17.7 Å². The third-order valence-corrected chi connectivity index (χ3v) is 6.85. The summed E-state index contributed by atoms with van der Waals surface area (Å²) in [5, 5.41) is 0. The highest BCUT2D eigenvalue weighted by Crippen LogP contribution is 2.15. The van der Waals surface area contributed by atoms with Gasteiger partial charge in [-0.2, -0.15) is 0 Å². The van der Waals surface area contributed by atoms with Crippen molar-refractivity contribution in [1.29, 1.82) is 0 Å². The Bertz CT molecular complexity index is 263. The molecule has 1 rings (SSSR count). The van der Waals surface area contributed by atoms with Gasteiger partial charge in [0.1, 0.15) is 0 Å².